The van der Waals surface area contributed by atoms with E-state index in [1.807, 2.05) is 0 Å². The fraction of sp³-hybridized carbons (Fsp3) is 0.333. The molecule has 112 valence electrons. The quantitative estimate of drug-likeness (QED) is 0.580. The Balaban J connectivity index is 2.43. The Bertz CT molecular complexity index is 668. The van der Waals surface area contributed by atoms with Crippen LogP contribution in [0.5, 0.6) is 0 Å². The van der Waals surface area contributed by atoms with Crippen molar-refractivity contribution in [3.8, 4) is 11.3 Å². The van der Waals surface area contributed by atoms with Gasteiger partial charge in [-0.3, -0.25) is 9.48 Å². The van der Waals surface area contributed by atoms with Crippen molar-refractivity contribution in [2.45, 2.75) is 26.8 Å². The minimum atomic E-state index is -0.593. The molecule has 2 aromatic rings. The van der Waals surface area contributed by atoms with Crippen molar-refractivity contribution in [1.29, 1.82) is 0 Å². The lowest BCUT2D eigenvalue weighted by atomic mass is 10.1. The number of aryl methyl sites for hydroxylation is 1. The summed E-state index contributed by atoms with van der Waals surface area (Å²) in [7, 11) is 0. The molecule has 1 aromatic heterocycles. The van der Waals surface area contributed by atoms with Gasteiger partial charge in [0.1, 0.15) is 11.5 Å². The standard InChI is InChI=1S/C15H15Cl2FN2O/c1-9(2)3-4-20-7-10(8-21)15(19-20)11-5-14(18)13(17)6-12(11)16/h5-9H,3-4H2,1-2H3. The van der Waals surface area contributed by atoms with Crippen LogP contribution in [-0.4, -0.2) is 16.1 Å². The summed E-state index contributed by atoms with van der Waals surface area (Å²) in [5.41, 5.74) is 1.11. The molecule has 0 N–H and O–H groups in total. The highest BCUT2D eigenvalue weighted by molar-refractivity contribution is 6.36. The zero-order valence-electron chi connectivity index (χ0n) is 11.7. The molecule has 0 saturated carbocycles. The zero-order chi connectivity index (χ0) is 15.6. The van der Waals surface area contributed by atoms with E-state index >= 15 is 0 Å². The van der Waals surface area contributed by atoms with Gasteiger partial charge in [0, 0.05) is 18.3 Å². The molecule has 1 aromatic carbocycles. The first-order chi connectivity index (χ1) is 9.92. The molecular weight excluding hydrogens is 314 g/mol. The van der Waals surface area contributed by atoms with Crippen LogP contribution in [0.25, 0.3) is 11.3 Å². The highest BCUT2D eigenvalue weighted by Crippen LogP contribution is 2.32. The minimum Gasteiger partial charge on any atom is -0.298 e. The number of hydrogen-bond donors (Lipinski definition) is 0. The van der Waals surface area contributed by atoms with Crippen LogP contribution in [0.1, 0.15) is 30.6 Å². The van der Waals surface area contributed by atoms with Gasteiger partial charge in [0.25, 0.3) is 0 Å². The van der Waals surface area contributed by atoms with Gasteiger partial charge >= 0.3 is 0 Å². The molecule has 6 heteroatoms. The van der Waals surface area contributed by atoms with Crippen molar-refractivity contribution in [2.24, 2.45) is 5.92 Å². The van der Waals surface area contributed by atoms with Crippen LogP contribution < -0.4 is 0 Å². The zero-order valence-corrected chi connectivity index (χ0v) is 13.2. The second-order valence-electron chi connectivity index (χ2n) is 5.24. The van der Waals surface area contributed by atoms with E-state index < -0.39 is 5.82 Å². The summed E-state index contributed by atoms with van der Waals surface area (Å²) >= 11 is 11.8. The summed E-state index contributed by atoms with van der Waals surface area (Å²) in [6.45, 7) is 4.90. The second-order valence-corrected chi connectivity index (χ2v) is 6.06. The van der Waals surface area contributed by atoms with E-state index in [2.05, 4.69) is 18.9 Å². The molecule has 21 heavy (non-hydrogen) atoms. The van der Waals surface area contributed by atoms with Gasteiger partial charge in [-0.1, -0.05) is 37.0 Å². The fourth-order valence-corrected chi connectivity index (χ4v) is 2.41. The van der Waals surface area contributed by atoms with Crippen LogP contribution >= 0.6 is 23.2 Å². The van der Waals surface area contributed by atoms with E-state index in [-0.39, 0.29) is 10.0 Å². The van der Waals surface area contributed by atoms with Crippen LogP contribution in [0, 0.1) is 11.7 Å². The third-order valence-electron chi connectivity index (χ3n) is 3.12. The fourth-order valence-electron chi connectivity index (χ4n) is 1.94. The van der Waals surface area contributed by atoms with Crippen LogP contribution in [0.15, 0.2) is 18.3 Å². The van der Waals surface area contributed by atoms with Gasteiger partial charge in [-0.15, -0.1) is 0 Å². The Morgan fingerprint density at radius 2 is 2.05 bits per heavy atom. The van der Waals surface area contributed by atoms with Crippen molar-refractivity contribution >= 4 is 29.5 Å². The maximum atomic E-state index is 13.6. The third kappa shape index (κ3) is 3.63. The molecular formula is C15H15Cl2FN2O. The van der Waals surface area contributed by atoms with Gasteiger partial charge in [-0.2, -0.15) is 5.10 Å². The number of benzene rings is 1. The molecule has 0 aliphatic rings. The molecule has 0 fully saturated rings. The number of aromatic nitrogens is 2. The molecule has 2 rings (SSSR count). The number of rotatable bonds is 5. The summed E-state index contributed by atoms with van der Waals surface area (Å²) in [5.74, 6) is -0.0708. The molecule has 3 nitrogen and oxygen atoms in total. The largest absolute Gasteiger partial charge is 0.298 e. The molecule has 0 atom stereocenters. The number of carbonyl (C=O) groups is 1. The first-order valence-corrected chi connectivity index (χ1v) is 7.35. The molecule has 0 spiro atoms. The summed E-state index contributed by atoms with van der Waals surface area (Å²) in [5, 5.41) is 4.55. The Morgan fingerprint density at radius 3 is 2.67 bits per heavy atom. The molecule has 0 unspecified atom stereocenters. The Labute approximate surface area is 132 Å². The van der Waals surface area contributed by atoms with Crippen LogP contribution in [0.3, 0.4) is 0 Å². The predicted octanol–water partition coefficient (Wildman–Crippen LogP) is 4.85. The second kappa shape index (κ2) is 6.58. The van der Waals surface area contributed by atoms with E-state index in [1.54, 1.807) is 10.9 Å². The Morgan fingerprint density at radius 1 is 1.33 bits per heavy atom. The smallest absolute Gasteiger partial charge is 0.153 e. The summed E-state index contributed by atoms with van der Waals surface area (Å²) in [4.78, 5) is 11.2. The normalized spacial score (nSPS) is 11.1. The number of nitrogens with zero attached hydrogens (tertiary/aromatic N) is 2. The molecule has 0 aliphatic carbocycles. The molecule has 0 amide bonds. The molecule has 0 aliphatic heterocycles. The van der Waals surface area contributed by atoms with Crippen molar-refractivity contribution in [3.05, 3.63) is 39.8 Å². The highest BCUT2D eigenvalue weighted by Gasteiger charge is 2.16. The molecule has 1 heterocycles. The van der Waals surface area contributed by atoms with Gasteiger partial charge in [-0.25, -0.2) is 4.39 Å². The monoisotopic (exact) mass is 328 g/mol. The molecule has 0 radical (unpaired) electrons. The molecule has 0 bridgehead atoms. The number of aldehydes is 1. The topological polar surface area (TPSA) is 34.9 Å². The number of carbonyl (C=O) groups excluding carboxylic acids is 1. The van der Waals surface area contributed by atoms with Crippen molar-refractivity contribution < 1.29 is 9.18 Å². The summed E-state index contributed by atoms with van der Waals surface area (Å²) in [6.07, 6.45) is 3.27. The van der Waals surface area contributed by atoms with Crippen LogP contribution in [0.4, 0.5) is 4.39 Å². The maximum Gasteiger partial charge on any atom is 0.153 e. The van der Waals surface area contributed by atoms with Gasteiger partial charge in [0.2, 0.25) is 0 Å². The van der Waals surface area contributed by atoms with E-state index in [4.69, 9.17) is 23.2 Å². The van der Waals surface area contributed by atoms with E-state index in [1.165, 1.54) is 12.1 Å². The summed E-state index contributed by atoms with van der Waals surface area (Å²) in [6, 6.07) is 2.52. The van der Waals surface area contributed by atoms with Gasteiger partial charge in [0.05, 0.1) is 15.6 Å². The van der Waals surface area contributed by atoms with Gasteiger partial charge in [-0.05, 0) is 24.5 Å². The molecule has 0 saturated heterocycles. The van der Waals surface area contributed by atoms with Gasteiger partial charge in [0.15, 0.2) is 6.29 Å². The lowest BCUT2D eigenvalue weighted by Crippen LogP contribution is -2.02. The predicted molar refractivity (Wildman–Crippen MR) is 82.5 cm³/mol. The lowest BCUT2D eigenvalue weighted by Gasteiger charge is -2.05. The van der Waals surface area contributed by atoms with Crippen molar-refractivity contribution in [1.82, 2.24) is 9.78 Å². The lowest BCUT2D eigenvalue weighted by molar-refractivity contribution is 0.112. The Hall–Kier alpha value is -1.39. The third-order valence-corrected chi connectivity index (χ3v) is 3.72. The average Bonchev–Trinajstić information content (AvgIpc) is 2.83. The average molecular weight is 329 g/mol. The van der Waals surface area contributed by atoms with Gasteiger partial charge < -0.3 is 0 Å². The number of hydrogen-bond acceptors (Lipinski definition) is 2. The Kier molecular flexibility index (Phi) is 5.01. The van der Waals surface area contributed by atoms with E-state index in [9.17, 15) is 9.18 Å². The van der Waals surface area contributed by atoms with Crippen LogP contribution in [-0.2, 0) is 6.54 Å². The SMILES string of the molecule is CC(C)CCn1cc(C=O)c(-c2cc(F)c(Cl)cc2Cl)n1. The van der Waals surface area contributed by atoms with Crippen molar-refractivity contribution in [3.63, 3.8) is 0 Å². The van der Waals surface area contributed by atoms with E-state index in [0.717, 1.165) is 6.42 Å². The first-order valence-electron chi connectivity index (χ1n) is 6.60. The number of halogens is 3. The van der Waals surface area contributed by atoms with Crippen LogP contribution in [0.2, 0.25) is 10.0 Å². The highest BCUT2D eigenvalue weighted by atomic mass is 35.5. The first kappa shape index (κ1) is 16.0. The summed E-state index contributed by atoms with van der Waals surface area (Å²) < 4.78 is 15.3. The maximum absolute atomic E-state index is 13.6. The van der Waals surface area contributed by atoms with E-state index in [0.29, 0.717) is 35.6 Å². The minimum absolute atomic E-state index is 0.0596. The van der Waals surface area contributed by atoms with Crippen molar-refractivity contribution in [2.75, 3.05) is 0 Å².